The van der Waals surface area contributed by atoms with Crippen LogP contribution in [-0.4, -0.2) is 11.3 Å². The normalized spacial score (nSPS) is 11.8. The molecule has 0 aliphatic rings. The predicted octanol–water partition coefficient (Wildman–Crippen LogP) is 4.21. The summed E-state index contributed by atoms with van der Waals surface area (Å²) in [5.41, 5.74) is 5.79. The van der Waals surface area contributed by atoms with Gasteiger partial charge in [-0.2, -0.15) is 0 Å². The molecule has 0 fully saturated rings. The van der Waals surface area contributed by atoms with Gasteiger partial charge in [0.05, 0.1) is 10.0 Å². The van der Waals surface area contributed by atoms with E-state index in [2.05, 4.69) is 0 Å². The fraction of sp³-hybridized carbons (Fsp3) is 0.455. The molecule has 0 aliphatic carbocycles. The molecule has 0 amide bonds. The molecule has 0 aliphatic heterocycles. The summed E-state index contributed by atoms with van der Waals surface area (Å²) in [6.45, 7) is 4.06. The number of rotatable bonds is 4. The monoisotopic (exact) mass is 263 g/mol. The molecule has 0 bridgehead atoms. The fourth-order valence-corrected chi connectivity index (χ4v) is 2.59. The zero-order valence-electron chi connectivity index (χ0n) is 8.89. The van der Waals surface area contributed by atoms with Crippen molar-refractivity contribution in [2.75, 3.05) is 5.75 Å². The molecule has 1 aromatic rings. The van der Waals surface area contributed by atoms with E-state index in [0.717, 1.165) is 17.1 Å². The summed E-state index contributed by atoms with van der Waals surface area (Å²) in [4.78, 5) is 1.13. The second kappa shape index (κ2) is 5.44. The Labute approximate surface area is 105 Å². The minimum atomic E-state index is -0.108. The Kier molecular flexibility index (Phi) is 4.78. The summed E-state index contributed by atoms with van der Waals surface area (Å²) < 4.78 is 0. The third kappa shape index (κ3) is 5.12. The van der Waals surface area contributed by atoms with Crippen LogP contribution >= 0.6 is 35.0 Å². The quantitative estimate of drug-likeness (QED) is 0.824. The number of hydrogen-bond acceptors (Lipinski definition) is 2. The zero-order chi connectivity index (χ0) is 11.5. The number of hydrogen-bond donors (Lipinski definition) is 1. The topological polar surface area (TPSA) is 26.0 Å². The van der Waals surface area contributed by atoms with Crippen molar-refractivity contribution in [1.29, 1.82) is 0 Å². The molecule has 1 aromatic carbocycles. The van der Waals surface area contributed by atoms with Crippen LogP contribution in [0.5, 0.6) is 0 Å². The van der Waals surface area contributed by atoms with Gasteiger partial charge in [-0.25, -0.2) is 0 Å². The molecule has 1 rings (SSSR count). The molecule has 0 unspecified atom stereocenters. The Hall–Kier alpha value is 0.110. The highest BCUT2D eigenvalue weighted by atomic mass is 35.5. The van der Waals surface area contributed by atoms with Gasteiger partial charge in [-0.05, 0) is 44.2 Å². The van der Waals surface area contributed by atoms with Gasteiger partial charge in [0.2, 0.25) is 0 Å². The Balaban J connectivity index is 2.48. The van der Waals surface area contributed by atoms with Crippen molar-refractivity contribution < 1.29 is 0 Å². The van der Waals surface area contributed by atoms with E-state index in [1.165, 1.54) is 0 Å². The van der Waals surface area contributed by atoms with Gasteiger partial charge in [-0.1, -0.05) is 23.2 Å². The summed E-state index contributed by atoms with van der Waals surface area (Å²) in [5, 5.41) is 1.20. The van der Waals surface area contributed by atoms with Crippen molar-refractivity contribution in [2.24, 2.45) is 5.73 Å². The van der Waals surface area contributed by atoms with Crippen molar-refractivity contribution >= 4 is 35.0 Å². The summed E-state index contributed by atoms with van der Waals surface area (Å²) in [5.74, 6) is 0.988. The van der Waals surface area contributed by atoms with Gasteiger partial charge in [0, 0.05) is 10.4 Å². The molecule has 15 heavy (non-hydrogen) atoms. The molecule has 84 valence electrons. The number of benzene rings is 1. The van der Waals surface area contributed by atoms with Crippen molar-refractivity contribution in [3.63, 3.8) is 0 Å². The van der Waals surface area contributed by atoms with Crippen LogP contribution in [0.3, 0.4) is 0 Å². The van der Waals surface area contributed by atoms with Crippen LogP contribution in [0.15, 0.2) is 23.1 Å². The van der Waals surface area contributed by atoms with Crippen molar-refractivity contribution in [1.82, 2.24) is 0 Å². The van der Waals surface area contributed by atoms with Crippen LogP contribution in [0.2, 0.25) is 10.0 Å². The lowest BCUT2D eigenvalue weighted by atomic mass is 10.0. The van der Waals surface area contributed by atoms with E-state index in [9.17, 15) is 0 Å². The molecule has 0 atom stereocenters. The third-order valence-corrected chi connectivity index (χ3v) is 3.64. The van der Waals surface area contributed by atoms with Gasteiger partial charge >= 0.3 is 0 Å². The van der Waals surface area contributed by atoms with Gasteiger partial charge in [-0.15, -0.1) is 11.8 Å². The molecule has 0 saturated carbocycles. The van der Waals surface area contributed by atoms with E-state index >= 15 is 0 Å². The molecule has 4 heteroatoms. The lowest BCUT2D eigenvalue weighted by Gasteiger charge is -2.17. The minimum absolute atomic E-state index is 0.108. The Bertz CT molecular complexity index is 334. The van der Waals surface area contributed by atoms with Crippen LogP contribution in [0.4, 0.5) is 0 Å². The second-order valence-electron chi connectivity index (χ2n) is 4.16. The van der Waals surface area contributed by atoms with Crippen molar-refractivity contribution in [2.45, 2.75) is 30.7 Å². The summed E-state index contributed by atoms with van der Waals surface area (Å²) >= 11 is 13.5. The van der Waals surface area contributed by atoms with Gasteiger partial charge in [0.1, 0.15) is 0 Å². The third-order valence-electron chi connectivity index (χ3n) is 1.91. The van der Waals surface area contributed by atoms with E-state index in [-0.39, 0.29) is 5.54 Å². The molecule has 1 nitrogen and oxygen atoms in total. The van der Waals surface area contributed by atoms with Crippen LogP contribution in [0.1, 0.15) is 20.3 Å². The fourth-order valence-electron chi connectivity index (χ4n) is 0.999. The standard InChI is InChI=1S/C11H15Cl2NS/c1-11(2,14)5-6-15-8-3-4-9(12)10(13)7-8/h3-4,7H,5-6,14H2,1-2H3. The molecule has 0 heterocycles. The number of nitrogens with two attached hydrogens (primary N) is 1. The van der Waals surface area contributed by atoms with Crippen LogP contribution in [0.25, 0.3) is 0 Å². The van der Waals surface area contributed by atoms with E-state index in [1.54, 1.807) is 11.8 Å². The largest absolute Gasteiger partial charge is 0.326 e. The Morgan fingerprint density at radius 2 is 1.93 bits per heavy atom. The Morgan fingerprint density at radius 3 is 2.47 bits per heavy atom. The van der Waals surface area contributed by atoms with Gasteiger partial charge in [-0.3, -0.25) is 0 Å². The molecular weight excluding hydrogens is 249 g/mol. The van der Waals surface area contributed by atoms with Crippen molar-refractivity contribution in [3.8, 4) is 0 Å². The SMILES string of the molecule is CC(C)(N)CCSc1ccc(Cl)c(Cl)c1. The predicted molar refractivity (Wildman–Crippen MR) is 70.1 cm³/mol. The first-order valence-electron chi connectivity index (χ1n) is 4.75. The smallest absolute Gasteiger partial charge is 0.0603 e. The molecule has 0 spiro atoms. The van der Waals surface area contributed by atoms with E-state index in [0.29, 0.717) is 10.0 Å². The first-order chi connectivity index (χ1) is 6.88. The van der Waals surface area contributed by atoms with Gasteiger partial charge in [0.15, 0.2) is 0 Å². The minimum Gasteiger partial charge on any atom is -0.326 e. The molecular formula is C11H15Cl2NS. The van der Waals surface area contributed by atoms with Crippen molar-refractivity contribution in [3.05, 3.63) is 28.2 Å². The molecule has 0 aromatic heterocycles. The van der Waals surface area contributed by atoms with Gasteiger partial charge in [0.25, 0.3) is 0 Å². The highest BCUT2D eigenvalue weighted by Crippen LogP contribution is 2.28. The lowest BCUT2D eigenvalue weighted by molar-refractivity contribution is 0.506. The van der Waals surface area contributed by atoms with Crippen LogP contribution in [0, 0.1) is 0 Å². The maximum Gasteiger partial charge on any atom is 0.0603 e. The average Bonchev–Trinajstić information content (AvgIpc) is 2.09. The first-order valence-corrected chi connectivity index (χ1v) is 6.49. The van der Waals surface area contributed by atoms with E-state index in [4.69, 9.17) is 28.9 Å². The molecule has 0 saturated heterocycles. The number of halogens is 2. The van der Waals surface area contributed by atoms with Gasteiger partial charge < -0.3 is 5.73 Å². The summed E-state index contributed by atoms with van der Waals surface area (Å²) in [6, 6.07) is 5.68. The highest BCUT2D eigenvalue weighted by molar-refractivity contribution is 7.99. The van der Waals surface area contributed by atoms with E-state index < -0.39 is 0 Å². The zero-order valence-corrected chi connectivity index (χ0v) is 11.2. The maximum absolute atomic E-state index is 5.91. The summed E-state index contributed by atoms with van der Waals surface area (Å²) in [7, 11) is 0. The maximum atomic E-state index is 5.91. The number of thioether (sulfide) groups is 1. The average molecular weight is 264 g/mol. The van der Waals surface area contributed by atoms with E-state index in [1.807, 2.05) is 32.0 Å². The molecule has 0 radical (unpaired) electrons. The first kappa shape index (κ1) is 13.2. The highest BCUT2D eigenvalue weighted by Gasteiger charge is 2.10. The molecule has 2 N–H and O–H groups in total. The Morgan fingerprint density at radius 1 is 1.27 bits per heavy atom. The summed E-state index contributed by atoms with van der Waals surface area (Å²) in [6.07, 6.45) is 0.970. The van der Waals surface area contributed by atoms with Crippen LogP contribution < -0.4 is 5.73 Å². The second-order valence-corrected chi connectivity index (χ2v) is 6.15. The van der Waals surface area contributed by atoms with Crippen LogP contribution in [-0.2, 0) is 0 Å². The lowest BCUT2D eigenvalue weighted by Crippen LogP contribution is -2.32.